The average molecular weight is 568 g/mol. The molecule has 2 aliphatic rings. The molecule has 0 bridgehead atoms. The molecule has 0 spiro atoms. The summed E-state index contributed by atoms with van der Waals surface area (Å²) in [5.74, 6) is 2.87. The van der Waals surface area contributed by atoms with Crippen LogP contribution in [0.1, 0.15) is 42.5 Å². The Morgan fingerprint density at radius 2 is 1.76 bits per heavy atom. The lowest BCUT2D eigenvalue weighted by molar-refractivity contribution is -0.125. The third kappa shape index (κ3) is 6.02. The lowest BCUT2D eigenvalue weighted by Gasteiger charge is -2.22. The van der Waals surface area contributed by atoms with Gasteiger partial charge in [0, 0.05) is 38.8 Å². The minimum atomic E-state index is 0.0610. The van der Waals surface area contributed by atoms with Gasteiger partial charge in [-0.15, -0.1) is 0 Å². The van der Waals surface area contributed by atoms with E-state index in [4.69, 9.17) is 24.4 Å². The number of hydrogen-bond donors (Lipinski definition) is 1. The summed E-state index contributed by atoms with van der Waals surface area (Å²) in [6, 6.07) is 12.5. The van der Waals surface area contributed by atoms with Gasteiger partial charge in [-0.3, -0.25) is 4.79 Å². The van der Waals surface area contributed by atoms with E-state index in [0.29, 0.717) is 44.5 Å². The van der Waals surface area contributed by atoms with Crippen LogP contribution in [0.3, 0.4) is 0 Å². The molecule has 42 heavy (non-hydrogen) atoms. The van der Waals surface area contributed by atoms with E-state index in [1.54, 1.807) is 6.08 Å². The van der Waals surface area contributed by atoms with E-state index >= 15 is 0 Å². The van der Waals surface area contributed by atoms with Crippen molar-refractivity contribution < 1.29 is 14.3 Å². The smallest absolute Gasteiger partial charge is 0.246 e. The van der Waals surface area contributed by atoms with Crippen LogP contribution in [0.15, 0.2) is 54.4 Å². The summed E-state index contributed by atoms with van der Waals surface area (Å²) in [4.78, 5) is 31.6. The van der Waals surface area contributed by atoms with Crippen molar-refractivity contribution in [1.82, 2.24) is 24.4 Å². The van der Waals surface area contributed by atoms with E-state index in [1.165, 1.54) is 16.7 Å². The Labute approximate surface area is 246 Å². The zero-order valence-electron chi connectivity index (χ0n) is 24.7. The Kier molecular flexibility index (Phi) is 7.69. The lowest BCUT2D eigenvalue weighted by Crippen LogP contribution is -2.34. The highest BCUT2D eigenvalue weighted by atomic mass is 16.7. The zero-order valence-corrected chi connectivity index (χ0v) is 24.7. The normalized spacial score (nSPS) is 14.7. The third-order valence-corrected chi connectivity index (χ3v) is 7.49. The Hall–Kier alpha value is -4.60. The molecule has 0 unspecified atom stereocenters. The highest BCUT2D eigenvalue weighted by molar-refractivity contribution is 5.88. The van der Waals surface area contributed by atoms with Gasteiger partial charge < -0.3 is 29.2 Å². The number of nitrogens with one attached hydrogen (secondary N) is 1. The van der Waals surface area contributed by atoms with E-state index in [1.807, 2.05) is 43.3 Å². The van der Waals surface area contributed by atoms with Crippen molar-refractivity contribution in [1.29, 1.82) is 0 Å². The largest absolute Gasteiger partial charge is 0.454 e. The van der Waals surface area contributed by atoms with Crippen LogP contribution in [0.4, 0.5) is 11.8 Å². The molecule has 218 valence electrons. The zero-order chi connectivity index (χ0) is 29.2. The SMILES string of the molecule is CC(C)=CC(=O)N1CCCN(c2nc(NCc3ccc4c(c3)OCO4)c3ncn(Cc4cc(C)cc(C)c4)c3n2)CC1. The predicted octanol–water partition coefficient (Wildman–Crippen LogP) is 4.84. The molecular formula is C32H37N7O3. The van der Waals surface area contributed by atoms with Crippen molar-refractivity contribution in [3.63, 3.8) is 0 Å². The first kappa shape index (κ1) is 27.6. The molecule has 10 heteroatoms. The second-order valence-corrected chi connectivity index (χ2v) is 11.3. The van der Waals surface area contributed by atoms with Crippen molar-refractivity contribution in [2.45, 2.75) is 47.2 Å². The van der Waals surface area contributed by atoms with Crippen LogP contribution in [0.25, 0.3) is 11.2 Å². The summed E-state index contributed by atoms with van der Waals surface area (Å²) < 4.78 is 13.1. The first-order valence-corrected chi connectivity index (χ1v) is 14.4. The summed E-state index contributed by atoms with van der Waals surface area (Å²) in [7, 11) is 0. The summed E-state index contributed by atoms with van der Waals surface area (Å²) in [5.41, 5.74) is 7.20. The number of nitrogens with zero attached hydrogens (tertiary/aromatic N) is 6. The fraction of sp³-hybridized carbons (Fsp3) is 0.375. The van der Waals surface area contributed by atoms with Crippen molar-refractivity contribution in [2.75, 3.05) is 43.2 Å². The third-order valence-electron chi connectivity index (χ3n) is 7.49. The molecule has 0 aliphatic carbocycles. The standard InChI is InChI=1S/C32H37N7O3/c1-21(2)12-28(40)37-8-5-9-38(11-10-37)32-35-30(33-17-24-6-7-26-27(16-24)42-20-41-26)29-31(36-32)39(19-34-29)18-25-14-22(3)13-23(4)15-25/h6-7,12-16,19H,5,8-11,17-18,20H2,1-4H3,(H,33,35,36). The number of anilines is 2. The highest BCUT2D eigenvalue weighted by Crippen LogP contribution is 2.33. The van der Waals surface area contributed by atoms with E-state index in [-0.39, 0.29) is 12.7 Å². The quantitative estimate of drug-likeness (QED) is 0.317. The van der Waals surface area contributed by atoms with Crippen molar-refractivity contribution in [2.24, 2.45) is 0 Å². The van der Waals surface area contributed by atoms with Crippen LogP contribution in [-0.4, -0.2) is 63.3 Å². The maximum atomic E-state index is 12.7. The van der Waals surface area contributed by atoms with Crippen LogP contribution in [0.2, 0.25) is 0 Å². The van der Waals surface area contributed by atoms with Crippen molar-refractivity contribution in [3.05, 3.63) is 76.6 Å². The van der Waals surface area contributed by atoms with Crippen molar-refractivity contribution in [3.8, 4) is 11.5 Å². The van der Waals surface area contributed by atoms with Gasteiger partial charge in [-0.25, -0.2) is 4.98 Å². The fourth-order valence-electron chi connectivity index (χ4n) is 5.58. The molecule has 1 amide bonds. The molecule has 6 rings (SSSR count). The Morgan fingerprint density at radius 1 is 0.952 bits per heavy atom. The Balaban J connectivity index is 1.31. The molecule has 4 heterocycles. The van der Waals surface area contributed by atoms with E-state index < -0.39 is 0 Å². The number of carbonyl (C=O) groups excluding carboxylic acids is 1. The topological polar surface area (TPSA) is 97.6 Å². The summed E-state index contributed by atoms with van der Waals surface area (Å²) in [6.07, 6.45) is 4.39. The van der Waals surface area contributed by atoms with Gasteiger partial charge in [-0.1, -0.05) is 41.0 Å². The number of fused-ring (bicyclic) bond motifs is 2. The van der Waals surface area contributed by atoms with Gasteiger partial charge in [-0.05, 0) is 57.4 Å². The number of carbonyl (C=O) groups is 1. The summed E-state index contributed by atoms with van der Waals surface area (Å²) in [6.45, 7) is 12.3. The minimum Gasteiger partial charge on any atom is -0.454 e. The molecule has 10 nitrogen and oxygen atoms in total. The number of amides is 1. The first-order valence-electron chi connectivity index (χ1n) is 14.4. The van der Waals surface area contributed by atoms with Gasteiger partial charge in [0.25, 0.3) is 0 Å². The van der Waals surface area contributed by atoms with Crippen molar-refractivity contribution >= 4 is 28.8 Å². The lowest BCUT2D eigenvalue weighted by atomic mass is 10.1. The monoisotopic (exact) mass is 567 g/mol. The van der Waals surface area contributed by atoms with Gasteiger partial charge in [0.1, 0.15) is 0 Å². The minimum absolute atomic E-state index is 0.0610. The van der Waals surface area contributed by atoms with Crippen LogP contribution in [-0.2, 0) is 17.9 Å². The Bertz CT molecular complexity index is 1640. The molecule has 2 aromatic heterocycles. The molecule has 1 N–H and O–H groups in total. The van der Waals surface area contributed by atoms with Gasteiger partial charge in [-0.2, -0.15) is 9.97 Å². The molecule has 0 saturated carbocycles. The van der Waals surface area contributed by atoms with E-state index in [2.05, 4.69) is 46.8 Å². The van der Waals surface area contributed by atoms with Gasteiger partial charge in [0.05, 0.1) is 12.9 Å². The number of aryl methyl sites for hydroxylation is 2. The molecule has 2 aromatic carbocycles. The maximum absolute atomic E-state index is 12.7. The Morgan fingerprint density at radius 3 is 2.57 bits per heavy atom. The van der Waals surface area contributed by atoms with Crippen LogP contribution >= 0.6 is 0 Å². The van der Waals surface area contributed by atoms with Crippen LogP contribution in [0, 0.1) is 13.8 Å². The molecule has 1 fully saturated rings. The number of benzene rings is 2. The molecule has 0 atom stereocenters. The molecule has 1 saturated heterocycles. The maximum Gasteiger partial charge on any atom is 0.246 e. The number of rotatable bonds is 7. The predicted molar refractivity (Wildman–Crippen MR) is 163 cm³/mol. The van der Waals surface area contributed by atoms with E-state index in [0.717, 1.165) is 46.8 Å². The fourth-order valence-corrected chi connectivity index (χ4v) is 5.58. The summed E-state index contributed by atoms with van der Waals surface area (Å²) >= 11 is 0. The second-order valence-electron chi connectivity index (χ2n) is 11.3. The van der Waals surface area contributed by atoms with Crippen LogP contribution in [0.5, 0.6) is 11.5 Å². The number of hydrogen-bond acceptors (Lipinski definition) is 8. The number of ether oxygens (including phenoxy) is 2. The number of allylic oxidation sites excluding steroid dienone is 1. The first-order chi connectivity index (χ1) is 20.3. The van der Waals surface area contributed by atoms with Gasteiger partial charge in [0.2, 0.25) is 18.6 Å². The molecule has 2 aliphatic heterocycles. The molecule has 0 radical (unpaired) electrons. The number of aromatic nitrogens is 4. The molecular weight excluding hydrogens is 530 g/mol. The summed E-state index contributed by atoms with van der Waals surface area (Å²) in [5, 5.41) is 3.51. The molecule has 4 aromatic rings. The number of imidazole rings is 1. The van der Waals surface area contributed by atoms with E-state index in [9.17, 15) is 4.79 Å². The second kappa shape index (κ2) is 11.7. The average Bonchev–Trinajstić information content (AvgIpc) is 3.49. The van der Waals surface area contributed by atoms with Gasteiger partial charge >= 0.3 is 0 Å². The van der Waals surface area contributed by atoms with Crippen LogP contribution < -0.4 is 19.7 Å². The highest BCUT2D eigenvalue weighted by Gasteiger charge is 2.22. The van der Waals surface area contributed by atoms with Gasteiger partial charge in [0.15, 0.2) is 28.5 Å².